The number of thiazole rings is 1. The van der Waals surface area contributed by atoms with Crippen molar-refractivity contribution in [2.45, 2.75) is 11.6 Å². The fraction of sp³-hybridized carbons (Fsp3) is 0.333. The Bertz CT molecular complexity index is 977. The Morgan fingerprint density at radius 2 is 2.07 bits per heavy atom. The number of anilines is 1. The highest BCUT2D eigenvalue weighted by Gasteiger charge is 2.18. The van der Waals surface area contributed by atoms with Crippen LogP contribution >= 0.6 is 46.5 Å². The molecule has 6 nitrogen and oxygen atoms in total. The van der Waals surface area contributed by atoms with Crippen LogP contribution in [-0.2, 0) is 11.3 Å². The maximum Gasteiger partial charge on any atom is 0.230 e. The monoisotopic (exact) mass is 451 g/mol. The summed E-state index contributed by atoms with van der Waals surface area (Å²) in [6, 6.07) is 7.50. The second kappa shape index (κ2) is 9.30. The number of nitrogens with one attached hydrogen (secondary N) is 1. The zero-order valence-corrected chi connectivity index (χ0v) is 18.1. The largest absolute Gasteiger partial charge is 0.351 e. The van der Waals surface area contributed by atoms with Crippen molar-refractivity contribution in [3.8, 4) is 0 Å². The number of benzene rings is 1. The molecule has 1 aromatic carbocycles. The van der Waals surface area contributed by atoms with Gasteiger partial charge in [-0.05, 0) is 11.6 Å². The van der Waals surface area contributed by atoms with Gasteiger partial charge in [-0.3, -0.25) is 4.79 Å². The molecule has 1 saturated heterocycles. The van der Waals surface area contributed by atoms with Crippen LogP contribution in [-0.4, -0.2) is 51.2 Å². The molecule has 0 radical (unpaired) electrons. The SMILES string of the molecule is O=C(CSc1ncnc2nc(N3CCSCC3)sc12)NCc1ccccc1Cl. The van der Waals surface area contributed by atoms with Crippen LogP contribution in [0.3, 0.4) is 0 Å². The zero-order chi connectivity index (χ0) is 19.3. The van der Waals surface area contributed by atoms with Crippen LogP contribution in [0.25, 0.3) is 10.3 Å². The average Bonchev–Trinajstić information content (AvgIpc) is 3.17. The van der Waals surface area contributed by atoms with E-state index in [2.05, 4.69) is 25.2 Å². The Morgan fingerprint density at radius 1 is 1.25 bits per heavy atom. The molecule has 0 spiro atoms. The topological polar surface area (TPSA) is 71.0 Å². The molecule has 0 unspecified atom stereocenters. The Labute approximate surface area is 180 Å². The number of rotatable bonds is 6. The second-order valence-corrected chi connectivity index (χ2v) is 9.66. The smallest absolute Gasteiger partial charge is 0.230 e. The standard InChI is InChI=1S/C18H18ClN5OS3/c19-13-4-2-1-3-12(13)9-20-14(25)10-27-17-15-16(21-11-22-17)23-18(28-15)24-5-7-26-8-6-24/h1-4,11H,5-10H2,(H,20,25). The van der Waals surface area contributed by atoms with Crippen molar-refractivity contribution in [1.82, 2.24) is 20.3 Å². The van der Waals surface area contributed by atoms with E-state index in [4.69, 9.17) is 11.6 Å². The van der Waals surface area contributed by atoms with E-state index < -0.39 is 0 Å². The molecule has 0 atom stereocenters. The Kier molecular flexibility index (Phi) is 6.56. The Morgan fingerprint density at radius 3 is 2.89 bits per heavy atom. The van der Waals surface area contributed by atoms with E-state index in [1.807, 2.05) is 36.0 Å². The van der Waals surface area contributed by atoms with Gasteiger partial charge in [0.1, 0.15) is 16.1 Å². The van der Waals surface area contributed by atoms with Crippen molar-refractivity contribution in [2.24, 2.45) is 0 Å². The van der Waals surface area contributed by atoms with Gasteiger partial charge in [0.2, 0.25) is 5.91 Å². The number of carbonyl (C=O) groups excluding carboxylic acids is 1. The van der Waals surface area contributed by atoms with Gasteiger partial charge in [0.25, 0.3) is 0 Å². The summed E-state index contributed by atoms with van der Waals surface area (Å²) in [5.41, 5.74) is 1.60. The summed E-state index contributed by atoms with van der Waals surface area (Å²) in [4.78, 5) is 27.9. The number of fused-ring (bicyclic) bond motifs is 1. The summed E-state index contributed by atoms with van der Waals surface area (Å²) in [6.07, 6.45) is 1.52. The molecule has 10 heteroatoms. The highest BCUT2D eigenvalue weighted by molar-refractivity contribution is 8.00. The predicted molar refractivity (Wildman–Crippen MR) is 119 cm³/mol. The normalized spacial score (nSPS) is 14.4. The molecule has 1 N–H and O–H groups in total. The molecule has 4 rings (SSSR count). The van der Waals surface area contributed by atoms with Gasteiger partial charge in [-0.1, -0.05) is 52.9 Å². The van der Waals surface area contributed by atoms with Crippen molar-refractivity contribution in [3.05, 3.63) is 41.2 Å². The fourth-order valence-corrected chi connectivity index (χ4v) is 5.81. The first-order chi connectivity index (χ1) is 13.7. The van der Waals surface area contributed by atoms with Crippen LogP contribution in [0.15, 0.2) is 35.6 Å². The Balaban J connectivity index is 1.39. The van der Waals surface area contributed by atoms with E-state index in [1.54, 1.807) is 11.3 Å². The summed E-state index contributed by atoms with van der Waals surface area (Å²) in [7, 11) is 0. The summed E-state index contributed by atoms with van der Waals surface area (Å²) in [5.74, 6) is 2.46. The number of amides is 1. The van der Waals surface area contributed by atoms with Gasteiger partial charge < -0.3 is 10.2 Å². The molecule has 1 fully saturated rings. The van der Waals surface area contributed by atoms with Crippen molar-refractivity contribution in [2.75, 3.05) is 35.2 Å². The van der Waals surface area contributed by atoms with Crippen molar-refractivity contribution in [1.29, 1.82) is 0 Å². The minimum Gasteiger partial charge on any atom is -0.351 e. The van der Waals surface area contributed by atoms with Gasteiger partial charge >= 0.3 is 0 Å². The van der Waals surface area contributed by atoms with E-state index >= 15 is 0 Å². The predicted octanol–water partition coefficient (Wildman–Crippen LogP) is 3.70. The van der Waals surface area contributed by atoms with Gasteiger partial charge in [-0.15, -0.1) is 0 Å². The summed E-state index contributed by atoms with van der Waals surface area (Å²) in [5, 5.41) is 5.34. The van der Waals surface area contributed by atoms with Crippen LogP contribution in [0.5, 0.6) is 0 Å². The number of aromatic nitrogens is 3. The molecule has 1 aliphatic heterocycles. The molecule has 2 aromatic heterocycles. The second-order valence-electron chi connectivity index (χ2n) is 6.08. The number of thioether (sulfide) groups is 2. The highest BCUT2D eigenvalue weighted by atomic mass is 35.5. The molecule has 0 aliphatic carbocycles. The lowest BCUT2D eigenvalue weighted by molar-refractivity contribution is -0.118. The minimum atomic E-state index is -0.0607. The lowest BCUT2D eigenvalue weighted by Crippen LogP contribution is -2.32. The van der Waals surface area contributed by atoms with Crippen LogP contribution in [0.4, 0.5) is 5.13 Å². The van der Waals surface area contributed by atoms with Crippen molar-refractivity contribution < 1.29 is 4.79 Å². The first kappa shape index (κ1) is 19.8. The molecule has 3 aromatic rings. The lowest BCUT2D eigenvalue weighted by atomic mass is 10.2. The fourth-order valence-electron chi connectivity index (χ4n) is 2.74. The molecule has 28 heavy (non-hydrogen) atoms. The molecule has 1 amide bonds. The van der Waals surface area contributed by atoms with Crippen LogP contribution in [0.2, 0.25) is 5.02 Å². The molecule has 1 aliphatic rings. The number of hydrogen-bond acceptors (Lipinski definition) is 8. The van der Waals surface area contributed by atoms with E-state index in [-0.39, 0.29) is 11.7 Å². The molecule has 3 heterocycles. The highest BCUT2D eigenvalue weighted by Crippen LogP contribution is 2.34. The third-order valence-corrected chi connectivity index (χ3v) is 7.74. The van der Waals surface area contributed by atoms with Gasteiger partial charge in [0.05, 0.1) is 5.75 Å². The van der Waals surface area contributed by atoms with Crippen LogP contribution in [0.1, 0.15) is 5.56 Å². The molecule has 146 valence electrons. The average molecular weight is 452 g/mol. The van der Waals surface area contributed by atoms with E-state index in [1.165, 1.54) is 18.1 Å². The molecule has 0 saturated carbocycles. The third kappa shape index (κ3) is 4.71. The lowest BCUT2D eigenvalue weighted by Gasteiger charge is -2.25. The summed E-state index contributed by atoms with van der Waals surface area (Å²) >= 11 is 11.1. The van der Waals surface area contributed by atoms with Gasteiger partial charge in [0, 0.05) is 36.2 Å². The first-order valence-corrected chi connectivity index (χ1v) is 12.1. The van der Waals surface area contributed by atoms with Gasteiger partial charge in [-0.25, -0.2) is 9.97 Å². The first-order valence-electron chi connectivity index (χ1n) is 8.78. The van der Waals surface area contributed by atoms with Crippen molar-refractivity contribution in [3.63, 3.8) is 0 Å². The minimum absolute atomic E-state index is 0.0607. The van der Waals surface area contributed by atoms with Crippen LogP contribution in [0, 0.1) is 0 Å². The molecular formula is C18H18ClN5OS3. The Hall–Kier alpha value is -1.55. The molecule has 0 bridgehead atoms. The quantitative estimate of drug-likeness (QED) is 0.452. The van der Waals surface area contributed by atoms with E-state index in [0.29, 0.717) is 17.2 Å². The molecular weight excluding hydrogens is 434 g/mol. The van der Waals surface area contributed by atoms with Gasteiger partial charge in [-0.2, -0.15) is 16.7 Å². The van der Waals surface area contributed by atoms with E-state index in [9.17, 15) is 4.79 Å². The summed E-state index contributed by atoms with van der Waals surface area (Å²) < 4.78 is 0.944. The maximum atomic E-state index is 12.2. The van der Waals surface area contributed by atoms with E-state index in [0.717, 1.165) is 45.0 Å². The van der Waals surface area contributed by atoms with Crippen LogP contribution < -0.4 is 10.2 Å². The van der Waals surface area contributed by atoms with Gasteiger partial charge in [0.15, 0.2) is 10.8 Å². The zero-order valence-electron chi connectivity index (χ0n) is 14.9. The third-order valence-electron chi connectivity index (χ3n) is 4.20. The van der Waals surface area contributed by atoms with Crippen molar-refractivity contribution >= 4 is 67.8 Å². The number of hydrogen-bond donors (Lipinski definition) is 1. The number of halogens is 1. The number of nitrogens with zero attached hydrogens (tertiary/aromatic N) is 4. The summed E-state index contributed by atoms with van der Waals surface area (Å²) in [6.45, 7) is 2.42. The maximum absolute atomic E-state index is 12.2. The number of carbonyl (C=O) groups is 1.